The summed E-state index contributed by atoms with van der Waals surface area (Å²) in [6, 6.07) is 16.9. The number of hydrogen-bond donors (Lipinski definition) is 0. The van der Waals surface area contributed by atoms with Crippen LogP contribution in [-0.4, -0.2) is 31.8 Å². The Morgan fingerprint density at radius 2 is 1.81 bits per heavy atom. The van der Waals surface area contributed by atoms with Crippen molar-refractivity contribution in [3.63, 3.8) is 0 Å². The summed E-state index contributed by atoms with van der Waals surface area (Å²) in [4.78, 5) is 0. The SMILES string of the molecule is N#CC(Cc1ccccc1)Sc1nnnn1-c1ccc(OC(F)(F)F)cc1. The average Bonchev–Trinajstić information content (AvgIpc) is 3.09. The smallest absolute Gasteiger partial charge is 0.406 e. The molecule has 0 fully saturated rings. The summed E-state index contributed by atoms with van der Waals surface area (Å²) >= 11 is 1.18. The van der Waals surface area contributed by atoms with Gasteiger partial charge in [0.1, 0.15) is 11.0 Å². The minimum absolute atomic E-state index is 0.340. The van der Waals surface area contributed by atoms with Crippen molar-refractivity contribution < 1.29 is 17.9 Å². The Hall–Kier alpha value is -3.06. The quantitative estimate of drug-likeness (QED) is 0.595. The third-order valence-corrected chi connectivity index (χ3v) is 4.43. The monoisotopic (exact) mass is 391 g/mol. The highest BCUT2D eigenvalue weighted by atomic mass is 32.2. The summed E-state index contributed by atoms with van der Waals surface area (Å²) in [6.07, 6.45) is -4.25. The predicted molar refractivity (Wildman–Crippen MR) is 91.2 cm³/mol. The first kappa shape index (κ1) is 18.7. The normalized spacial score (nSPS) is 12.4. The van der Waals surface area contributed by atoms with E-state index in [9.17, 15) is 18.4 Å². The van der Waals surface area contributed by atoms with E-state index in [1.54, 1.807) is 0 Å². The summed E-state index contributed by atoms with van der Waals surface area (Å²) in [7, 11) is 0. The van der Waals surface area contributed by atoms with E-state index in [2.05, 4.69) is 26.3 Å². The Morgan fingerprint density at radius 1 is 1.11 bits per heavy atom. The van der Waals surface area contributed by atoms with Crippen molar-refractivity contribution in [2.24, 2.45) is 0 Å². The Morgan fingerprint density at radius 3 is 2.44 bits per heavy atom. The molecule has 1 aromatic heterocycles. The Kier molecular flexibility index (Phi) is 5.61. The average molecular weight is 391 g/mol. The molecule has 2 aromatic carbocycles. The molecule has 3 rings (SSSR count). The molecule has 10 heteroatoms. The molecule has 1 heterocycles. The van der Waals surface area contributed by atoms with Gasteiger partial charge in [0.05, 0.1) is 11.8 Å². The predicted octanol–water partition coefficient (Wildman–Crippen LogP) is 3.79. The molecule has 6 nitrogen and oxygen atoms in total. The van der Waals surface area contributed by atoms with E-state index in [0.717, 1.165) is 5.56 Å². The molecule has 1 atom stereocenters. The van der Waals surface area contributed by atoms with Gasteiger partial charge >= 0.3 is 6.36 Å². The first-order valence-electron chi connectivity index (χ1n) is 7.69. The summed E-state index contributed by atoms with van der Waals surface area (Å²) in [5.41, 5.74) is 1.46. The maximum absolute atomic E-state index is 12.2. The lowest BCUT2D eigenvalue weighted by molar-refractivity contribution is -0.274. The number of tetrazole rings is 1. The van der Waals surface area contributed by atoms with E-state index in [4.69, 9.17) is 0 Å². The fraction of sp³-hybridized carbons (Fsp3) is 0.176. The Labute approximate surface area is 156 Å². The molecule has 1 unspecified atom stereocenters. The highest BCUT2D eigenvalue weighted by molar-refractivity contribution is 8.00. The van der Waals surface area contributed by atoms with Crippen molar-refractivity contribution >= 4 is 11.8 Å². The van der Waals surface area contributed by atoms with Crippen LogP contribution in [0.4, 0.5) is 13.2 Å². The van der Waals surface area contributed by atoms with E-state index in [1.165, 1.54) is 40.7 Å². The number of nitriles is 1. The Balaban J connectivity index is 1.74. The molecule has 0 aliphatic heterocycles. The van der Waals surface area contributed by atoms with Gasteiger partial charge in [-0.15, -0.1) is 18.3 Å². The standard InChI is InChI=1S/C17H12F3N5OS/c18-17(19,20)26-14-8-6-13(7-9-14)25-16(22-23-24-25)27-15(11-21)10-12-4-2-1-3-5-12/h1-9,15H,10H2. The number of hydrogen-bond acceptors (Lipinski definition) is 6. The lowest BCUT2D eigenvalue weighted by Gasteiger charge is -2.11. The van der Waals surface area contributed by atoms with Gasteiger partial charge in [0.15, 0.2) is 0 Å². The highest BCUT2D eigenvalue weighted by Gasteiger charge is 2.31. The number of halogens is 3. The van der Waals surface area contributed by atoms with Gasteiger partial charge < -0.3 is 4.74 Å². The van der Waals surface area contributed by atoms with Crippen molar-refractivity contribution in [1.82, 2.24) is 20.2 Å². The third kappa shape index (κ3) is 5.21. The maximum Gasteiger partial charge on any atom is 0.573 e. The maximum atomic E-state index is 12.2. The number of aromatic nitrogens is 4. The van der Waals surface area contributed by atoms with Crippen LogP contribution in [-0.2, 0) is 6.42 Å². The molecule has 0 aliphatic rings. The number of rotatable bonds is 6. The second kappa shape index (κ2) is 8.09. The first-order chi connectivity index (χ1) is 12.9. The summed E-state index contributed by atoms with van der Waals surface area (Å²) in [6.45, 7) is 0. The van der Waals surface area contributed by atoms with E-state index in [1.807, 2.05) is 30.3 Å². The Bertz CT molecular complexity index is 922. The minimum Gasteiger partial charge on any atom is -0.406 e. The van der Waals surface area contributed by atoms with E-state index in [-0.39, 0.29) is 5.75 Å². The zero-order valence-corrected chi connectivity index (χ0v) is 14.5. The molecule has 138 valence electrons. The van der Waals surface area contributed by atoms with Crippen molar-refractivity contribution in [3.05, 3.63) is 60.2 Å². The summed E-state index contributed by atoms with van der Waals surface area (Å²) in [5.74, 6) is -0.340. The van der Waals surface area contributed by atoms with Crippen molar-refractivity contribution in [3.8, 4) is 17.5 Å². The van der Waals surface area contributed by atoms with Crippen LogP contribution in [0.3, 0.4) is 0 Å². The molecule has 3 aromatic rings. The van der Waals surface area contributed by atoms with Crippen molar-refractivity contribution in [2.75, 3.05) is 0 Å². The lowest BCUT2D eigenvalue weighted by atomic mass is 10.1. The van der Waals surface area contributed by atoms with Crippen LogP contribution < -0.4 is 4.74 Å². The van der Waals surface area contributed by atoms with Gasteiger partial charge in [-0.3, -0.25) is 0 Å². The lowest BCUT2D eigenvalue weighted by Crippen LogP contribution is -2.17. The van der Waals surface area contributed by atoms with E-state index >= 15 is 0 Å². The molecule has 0 amide bonds. The highest BCUT2D eigenvalue weighted by Crippen LogP contribution is 2.27. The van der Waals surface area contributed by atoms with Crippen LogP contribution >= 0.6 is 11.8 Å². The van der Waals surface area contributed by atoms with Crippen LogP contribution in [0.15, 0.2) is 59.8 Å². The molecule has 0 aliphatic carbocycles. The largest absolute Gasteiger partial charge is 0.573 e. The van der Waals surface area contributed by atoms with Gasteiger partial charge in [0, 0.05) is 0 Å². The molecule has 0 saturated heterocycles. The molecule has 0 N–H and O–H groups in total. The van der Waals surface area contributed by atoms with Gasteiger partial charge in [-0.2, -0.15) is 9.94 Å². The third-order valence-electron chi connectivity index (χ3n) is 3.41. The molecular weight excluding hydrogens is 379 g/mol. The molecular formula is C17H12F3N5OS. The van der Waals surface area contributed by atoms with Crippen molar-refractivity contribution in [1.29, 1.82) is 5.26 Å². The fourth-order valence-corrected chi connectivity index (χ4v) is 3.18. The van der Waals surface area contributed by atoms with Crippen LogP contribution in [0, 0.1) is 11.3 Å². The number of thioether (sulfide) groups is 1. The molecule has 27 heavy (non-hydrogen) atoms. The van der Waals surface area contributed by atoms with Gasteiger partial charge in [0.25, 0.3) is 0 Å². The van der Waals surface area contributed by atoms with Crippen LogP contribution in [0.25, 0.3) is 5.69 Å². The number of ether oxygens (including phenoxy) is 1. The van der Waals surface area contributed by atoms with Crippen LogP contribution in [0.5, 0.6) is 5.75 Å². The zero-order valence-electron chi connectivity index (χ0n) is 13.7. The number of benzene rings is 2. The van der Waals surface area contributed by atoms with Gasteiger partial charge in [-0.1, -0.05) is 42.1 Å². The minimum atomic E-state index is -4.76. The van der Waals surface area contributed by atoms with Gasteiger partial charge in [-0.05, 0) is 46.7 Å². The molecule has 0 saturated carbocycles. The molecule has 0 spiro atoms. The molecule has 0 radical (unpaired) electrons. The second-order valence-electron chi connectivity index (χ2n) is 5.34. The zero-order chi connectivity index (χ0) is 19.3. The van der Waals surface area contributed by atoms with Gasteiger partial charge in [-0.25, -0.2) is 0 Å². The summed E-state index contributed by atoms with van der Waals surface area (Å²) in [5, 5.41) is 20.7. The fourth-order valence-electron chi connectivity index (χ4n) is 2.27. The van der Waals surface area contributed by atoms with Crippen LogP contribution in [0.1, 0.15) is 5.56 Å². The van der Waals surface area contributed by atoms with E-state index < -0.39 is 11.6 Å². The van der Waals surface area contributed by atoms with Crippen molar-refractivity contribution in [2.45, 2.75) is 23.2 Å². The van der Waals surface area contributed by atoms with Crippen LogP contribution in [0.2, 0.25) is 0 Å². The first-order valence-corrected chi connectivity index (χ1v) is 8.57. The second-order valence-corrected chi connectivity index (χ2v) is 6.51. The summed E-state index contributed by atoms with van der Waals surface area (Å²) < 4.78 is 41.9. The number of alkyl halides is 3. The van der Waals surface area contributed by atoms with Gasteiger partial charge in [0.2, 0.25) is 5.16 Å². The van der Waals surface area contributed by atoms with E-state index in [0.29, 0.717) is 17.3 Å². The molecule has 0 bridgehead atoms. The number of nitrogens with zero attached hydrogens (tertiary/aromatic N) is 5. The topological polar surface area (TPSA) is 76.6 Å².